The lowest BCUT2D eigenvalue weighted by Crippen LogP contribution is -2.33. The number of alkyl carbamates (subject to hydrolysis) is 1. The van der Waals surface area contributed by atoms with Crippen LogP contribution in [0.1, 0.15) is 25.3 Å². The molecule has 1 saturated carbocycles. The number of methoxy groups -OCH3 is 3. The molecule has 0 bridgehead atoms. The fourth-order valence-corrected chi connectivity index (χ4v) is 5.97. The molecule has 214 valence electrons. The molecule has 1 aliphatic rings. The first-order chi connectivity index (χ1) is 19.7. The van der Waals surface area contributed by atoms with Gasteiger partial charge in [0.15, 0.2) is 11.6 Å². The highest BCUT2D eigenvalue weighted by molar-refractivity contribution is 6.14. The van der Waals surface area contributed by atoms with Crippen LogP contribution in [0.2, 0.25) is 0 Å². The first kappa shape index (κ1) is 26.4. The van der Waals surface area contributed by atoms with E-state index in [2.05, 4.69) is 20.4 Å². The summed E-state index contributed by atoms with van der Waals surface area (Å²) in [6.07, 6.45) is 4.89. The maximum atomic E-state index is 15.1. The minimum absolute atomic E-state index is 0.115. The molecule has 0 unspecified atom stereocenters. The zero-order chi connectivity index (χ0) is 29.0. The molecule has 1 aromatic carbocycles. The average molecular weight is 564 g/mol. The number of hydrogen-bond donors (Lipinski definition) is 2. The molecule has 0 aliphatic heterocycles. The van der Waals surface area contributed by atoms with Crippen LogP contribution in [0.5, 0.6) is 11.6 Å². The summed E-state index contributed by atoms with van der Waals surface area (Å²) < 4.78 is 35.6. The Morgan fingerprint density at radius 2 is 1.98 bits per heavy atom. The number of carbonyl (C=O) groups is 1. The Morgan fingerprint density at radius 1 is 1.17 bits per heavy atom. The Morgan fingerprint density at radius 3 is 2.68 bits per heavy atom. The van der Waals surface area contributed by atoms with Crippen molar-refractivity contribution in [1.82, 2.24) is 34.2 Å². The third kappa shape index (κ3) is 4.19. The van der Waals surface area contributed by atoms with Crippen molar-refractivity contribution in [2.24, 2.45) is 14.1 Å². The van der Waals surface area contributed by atoms with Gasteiger partial charge in [-0.3, -0.25) is 13.8 Å². The zero-order valence-corrected chi connectivity index (χ0v) is 23.3. The molecular weight excluding hydrogens is 533 g/mol. The number of fused-ring (bicyclic) bond motifs is 3. The predicted molar refractivity (Wildman–Crippen MR) is 150 cm³/mol. The largest absolute Gasteiger partial charge is 0.494 e. The van der Waals surface area contributed by atoms with Crippen LogP contribution in [0.4, 0.5) is 9.18 Å². The zero-order valence-electron chi connectivity index (χ0n) is 23.3. The van der Waals surface area contributed by atoms with Gasteiger partial charge in [-0.05, 0) is 37.0 Å². The molecule has 4 aromatic heterocycles. The molecule has 1 amide bonds. The molecule has 4 heterocycles. The van der Waals surface area contributed by atoms with E-state index in [0.717, 1.165) is 0 Å². The molecule has 12 nitrogen and oxygen atoms in total. The maximum absolute atomic E-state index is 15.1. The van der Waals surface area contributed by atoms with Crippen molar-refractivity contribution in [1.29, 1.82) is 0 Å². The number of carbonyl (C=O) groups excluding carboxylic acids is 1. The third-order valence-electron chi connectivity index (χ3n) is 7.85. The Hall–Kier alpha value is -4.81. The number of hydrogen-bond acceptors (Lipinski definition) is 7. The summed E-state index contributed by atoms with van der Waals surface area (Å²) in [5.74, 6) is -0.0332. The summed E-state index contributed by atoms with van der Waals surface area (Å²) >= 11 is 0. The quantitative estimate of drug-likeness (QED) is 0.321. The van der Waals surface area contributed by atoms with Gasteiger partial charge in [0.2, 0.25) is 5.88 Å². The molecule has 1 fully saturated rings. The van der Waals surface area contributed by atoms with Crippen LogP contribution in [0.15, 0.2) is 35.4 Å². The Kier molecular flexibility index (Phi) is 6.43. The van der Waals surface area contributed by atoms with E-state index in [1.807, 2.05) is 6.20 Å². The van der Waals surface area contributed by atoms with E-state index in [4.69, 9.17) is 14.2 Å². The van der Waals surface area contributed by atoms with Crippen molar-refractivity contribution in [3.05, 3.63) is 46.9 Å². The van der Waals surface area contributed by atoms with E-state index in [9.17, 15) is 9.59 Å². The van der Waals surface area contributed by atoms with Gasteiger partial charge >= 0.3 is 11.8 Å². The topological polar surface area (TPSA) is 130 Å². The van der Waals surface area contributed by atoms with Crippen LogP contribution in [0, 0.1) is 5.82 Å². The Bertz CT molecular complexity index is 1870. The van der Waals surface area contributed by atoms with Gasteiger partial charge in [-0.2, -0.15) is 0 Å². The number of H-pyrrole nitrogens is 1. The summed E-state index contributed by atoms with van der Waals surface area (Å²) in [5, 5.41) is 7.93. The molecule has 2 atom stereocenters. The van der Waals surface area contributed by atoms with Gasteiger partial charge in [0.25, 0.3) is 0 Å². The molecule has 0 saturated heterocycles. The van der Waals surface area contributed by atoms with Gasteiger partial charge in [-0.15, -0.1) is 5.10 Å². The Labute approximate surface area is 233 Å². The number of nitrogens with zero attached hydrogens (tertiary/aromatic N) is 5. The van der Waals surface area contributed by atoms with E-state index < -0.39 is 11.9 Å². The minimum atomic E-state index is -0.526. The van der Waals surface area contributed by atoms with Gasteiger partial charge in [0, 0.05) is 37.9 Å². The minimum Gasteiger partial charge on any atom is -0.494 e. The first-order valence-corrected chi connectivity index (χ1v) is 13.1. The lowest BCUT2D eigenvalue weighted by molar-refractivity contribution is 0.166. The summed E-state index contributed by atoms with van der Waals surface area (Å²) in [6, 6.07) is 4.42. The van der Waals surface area contributed by atoms with Gasteiger partial charge in [-0.1, -0.05) is 6.07 Å². The number of rotatable bonds is 6. The van der Waals surface area contributed by atoms with Crippen LogP contribution in [-0.4, -0.2) is 62.3 Å². The number of aromatic nitrogens is 6. The summed E-state index contributed by atoms with van der Waals surface area (Å²) in [7, 11) is 7.76. The van der Waals surface area contributed by atoms with Crippen LogP contribution in [0.25, 0.3) is 44.5 Å². The number of pyridine rings is 1. The second-order valence-electron chi connectivity index (χ2n) is 10.2. The number of benzene rings is 1. The average Bonchev–Trinajstić information content (AvgIpc) is 3.72. The number of halogens is 1. The molecule has 0 radical (unpaired) electrons. The Balaban J connectivity index is 1.66. The van der Waals surface area contributed by atoms with Gasteiger partial charge in [0.1, 0.15) is 5.65 Å². The van der Waals surface area contributed by atoms with E-state index in [1.165, 1.54) is 27.4 Å². The van der Waals surface area contributed by atoms with E-state index in [1.54, 1.807) is 46.2 Å². The van der Waals surface area contributed by atoms with E-state index in [-0.39, 0.29) is 23.5 Å². The van der Waals surface area contributed by atoms with Crippen LogP contribution in [-0.2, 0) is 18.8 Å². The van der Waals surface area contributed by atoms with Gasteiger partial charge < -0.3 is 24.5 Å². The van der Waals surface area contributed by atoms with Crippen LogP contribution < -0.4 is 20.5 Å². The summed E-state index contributed by atoms with van der Waals surface area (Å²) in [4.78, 5) is 33.7. The second-order valence-corrected chi connectivity index (χ2v) is 10.2. The molecule has 41 heavy (non-hydrogen) atoms. The molecule has 2 N–H and O–H groups in total. The lowest BCUT2D eigenvalue weighted by Gasteiger charge is -2.15. The number of ether oxygens (including phenoxy) is 3. The first-order valence-electron chi connectivity index (χ1n) is 13.1. The van der Waals surface area contributed by atoms with Crippen molar-refractivity contribution in [3.8, 4) is 34.0 Å². The lowest BCUT2D eigenvalue weighted by atomic mass is 9.99. The molecule has 0 spiro atoms. The van der Waals surface area contributed by atoms with Gasteiger partial charge in [0.05, 0.1) is 55.2 Å². The van der Waals surface area contributed by atoms with Crippen molar-refractivity contribution in [2.75, 3.05) is 21.3 Å². The number of amides is 1. The third-order valence-corrected chi connectivity index (χ3v) is 7.85. The second kappa shape index (κ2) is 9.98. The monoisotopic (exact) mass is 563 g/mol. The van der Waals surface area contributed by atoms with Crippen molar-refractivity contribution in [2.45, 2.75) is 31.3 Å². The SMILES string of the molecule is COC(=O)N[C@@H]1CC[C@@H](n2c(=O)n(C)c3cnc4[nH]c(-c5cn(C)nc5OC)c(-c5ccc(OC)c(F)c5)c4c32)C1. The van der Waals surface area contributed by atoms with Crippen LogP contribution >= 0.6 is 0 Å². The highest BCUT2D eigenvalue weighted by atomic mass is 19.1. The van der Waals surface area contributed by atoms with E-state index in [0.29, 0.717) is 69.6 Å². The molecular formula is C28H30FN7O5. The normalized spacial score (nSPS) is 16.9. The summed E-state index contributed by atoms with van der Waals surface area (Å²) in [6.45, 7) is 0. The number of aryl methyl sites for hydroxylation is 2. The van der Waals surface area contributed by atoms with Crippen molar-refractivity contribution in [3.63, 3.8) is 0 Å². The standard InChI is InChI=1S/C28H30FN7O5/c1-34-13-17(26(33-34)40-4)23-21(14-6-9-20(39-3)18(29)10-14)22-24-19(12-30-25(22)32-23)35(2)28(38)36(24)16-8-7-15(11-16)31-27(37)41-5/h6,9-10,12-13,15-16H,7-8,11H2,1-5H3,(H,30,32)(H,31,37)/t15-,16-/m1/s1. The number of imidazole rings is 1. The fourth-order valence-electron chi connectivity index (χ4n) is 5.97. The highest BCUT2D eigenvalue weighted by Gasteiger charge is 2.32. The molecule has 6 rings (SSSR count). The molecule has 13 heteroatoms. The fraction of sp³-hybridized carbons (Fsp3) is 0.357. The van der Waals surface area contributed by atoms with Crippen molar-refractivity contribution < 1.29 is 23.4 Å². The van der Waals surface area contributed by atoms with Crippen LogP contribution in [0.3, 0.4) is 0 Å². The number of nitrogens with one attached hydrogen (secondary N) is 2. The van der Waals surface area contributed by atoms with Crippen molar-refractivity contribution >= 4 is 28.2 Å². The molecule has 5 aromatic rings. The summed E-state index contributed by atoms with van der Waals surface area (Å²) in [5.41, 5.74) is 4.10. The smallest absolute Gasteiger partial charge is 0.407 e. The van der Waals surface area contributed by atoms with Gasteiger partial charge in [-0.25, -0.2) is 19.0 Å². The predicted octanol–water partition coefficient (Wildman–Crippen LogP) is 3.89. The molecule has 1 aliphatic carbocycles. The number of aromatic amines is 1. The maximum Gasteiger partial charge on any atom is 0.407 e. The van der Waals surface area contributed by atoms with E-state index >= 15 is 4.39 Å². The highest BCUT2D eigenvalue weighted by Crippen LogP contribution is 2.44.